The van der Waals surface area contributed by atoms with Gasteiger partial charge in [-0.2, -0.15) is 0 Å². The molecule has 7 nitrogen and oxygen atoms in total. The zero-order valence-corrected chi connectivity index (χ0v) is 23.3. The van der Waals surface area contributed by atoms with E-state index in [0.717, 1.165) is 5.57 Å². The lowest BCUT2D eigenvalue weighted by molar-refractivity contribution is -0.199. The SMILES string of the molecule is CC(=O)OCC(=O)[C@@]1(OC(=O)C(C)C)C(C)C[C@H]2[C@@H]3C(Br)CC4=CC(=O)C=C[C@]4(C)[C@H]3C(=O)C[C@@]21C. The highest BCUT2D eigenvalue weighted by Crippen LogP contribution is 2.69. The van der Waals surface area contributed by atoms with Gasteiger partial charge >= 0.3 is 11.9 Å². The highest BCUT2D eigenvalue weighted by molar-refractivity contribution is 9.09. The van der Waals surface area contributed by atoms with Crippen LogP contribution in [0.15, 0.2) is 23.8 Å². The van der Waals surface area contributed by atoms with E-state index in [1.54, 1.807) is 26.0 Å². The highest BCUT2D eigenvalue weighted by atomic mass is 79.9. The van der Waals surface area contributed by atoms with Crippen LogP contribution in [0.25, 0.3) is 0 Å². The van der Waals surface area contributed by atoms with Gasteiger partial charge in [0, 0.05) is 40.8 Å². The minimum atomic E-state index is -1.59. The zero-order valence-electron chi connectivity index (χ0n) is 21.8. The molecule has 0 saturated heterocycles. The monoisotopic (exact) mass is 562 g/mol. The van der Waals surface area contributed by atoms with Crippen LogP contribution < -0.4 is 0 Å². The average Bonchev–Trinajstić information content (AvgIpc) is 2.99. The van der Waals surface area contributed by atoms with E-state index >= 15 is 0 Å². The van der Waals surface area contributed by atoms with E-state index in [4.69, 9.17) is 9.47 Å². The standard InChI is InChI=1S/C28H35BrO7/c1-14(2)25(34)36-28(22(33)13-35-16(4)30)15(3)9-19-23-20(29)11-17-10-18(31)7-8-26(17,5)24(23)21(32)12-27(19,28)6/h7-8,10,14-15,19-20,23-24H,9,11-13H2,1-6H3/t15?,19-,20?,23+,24-,26-,27-,28-/m0/s1. The first kappa shape index (κ1) is 27.0. The first-order valence-corrected chi connectivity index (χ1v) is 13.6. The van der Waals surface area contributed by atoms with Crippen molar-refractivity contribution in [1.82, 2.24) is 0 Å². The van der Waals surface area contributed by atoms with Crippen LogP contribution >= 0.6 is 15.9 Å². The molecule has 3 saturated carbocycles. The number of ketones is 3. The van der Waals surface area contributed by atoms with Crippen LogP contribution in [-0.2, 0) is 33.4 Å². The van der Waals surface area contributed by atoms with Gasteiger partial charge in [-0.15, -0.1) is 0 Å². The second-order valence-corrected chi connectivity index (χ2v) is 13.0. The number of hydrogen-bond donors (Lipinski definition) is 0. The number of halogens is 1. The first-order valence-electron chi connectivity index (χ1n) is 12.7. The molecule has 36 heavy (non-hydrogen) atoms. The van der Waals surface area contributed by atoms with Crippen molar-refractivity contribution in [3.63, 3.8) is 0 Å². The van der Waals surface area contributed by atoms with Crippen molar-refractivity contribution in [2.45, 2.75) is 71.2 Å². The quantitative estimate of drug-likeness (QED) is 0.366. The molecular formula is C28H35BrO7. The van der Waals surface area contributed by atoms with Crippen LogP contribution in [-0.4, -0.2) is 46.3 Å². The smallest absolute Gasteiger partial charge is 0.309 e. The van der Waals surface area contributed by atoms with E-state index in [-0.39, 0.29) is 46.5 Å². The van der Waals surface area contributed by atoms with Crippen molar-refractivity contribution in [1.29, 1.82) is 0 Å². The number of alkyl halides is 1. The minimum Gasteiger partial charge on any atom is -0.458 e. The maximum atomic E-state index is 14.1. The number of allylic oxidation sites excluding steroid dienone is 4. The Balaban J connectivity index is 1.83. The van der Waals surface area contributed by atoms with E-state index < -0.39 is 46.7 Å². The summed E-state index contributed by atoms with van der Waals surface area (Å²) in [5, 5.41) is 0. The summed E-state index contributed by atoms with van der Waals surface area (Å²) in [7, 11) is 0. The Bertz CT molecular complexity index is 1090. The molecule has 4 aliphatic rings. The third-order valence-corrected chi connectivity index (χ3v) is 10.3. The molecule has 0 aromatic carbocycles. The van der Waals surface area contributed by atoms with Crippen molar-refractivity contribution in [3.05, 3.63) is 23.8 Å². The topological polar surface area (TPSA) is 104 Å². The van der Waals surface area contributed by atoms with Crippen molar-refractivity contribution in [3.8, 4) is 0 Å². The summed E-state index contributed by atoms with van der Waals surface area (Å²) in [6.07, 6.45) is 6.33. The molecule has 4 aliphatic carbocycles. The first-order chi connectivity index (χ1) is 16.7. The summed E-state index contributed by atoms with van der Waals surface area (Å²) in [5.74, 6) is -3.11. The van der Waals surface area contributed by atoms with Gasteiger partial charge in [0.25, 0.3) is 0 Å². The Kier molecular flexibility index (Phi) is 6.76. The van der Waals surface area contributed by atoms with Gasteiger partial charge in [0.15, 0.2) is 18.0 Å². The van der Waals surface area contributed by atoms with Crippen LogP contribution in [0.2, 0.25) is 0 Å². The minimum absolute atomic E-state index is 0.00495. The Labute approximate surface area is 220 Å². The molecule has 0 heterocycles. The second-order valence-electron chi connectivity index (χ2n) is 11.8. The largest absolute Gasteiger partial charge is 0.458 e. The number of carbonyl (C=O) groups excluding carboxylic acids is 5. The molecule has 0 N–H and O–H groups in total. The lowest BCUT2D eigenvalue weighted by atomic mass is 9.46. The molecule has 0 aliphatic heterocycles. The normalized spacial score (nSPS) is 41.2. The molecular weight excluding hydrogens is 528 g/mol. The molecule has 0 spiro atoms. The summed E-state index contributed by atoms with van der Waals surface area (Å²) >= 11 is 3.85. The highest BCUT2D eigenvalue weighted by Gasteiger charge is 2.74. The molecule has 0 radical (unpaired) electrons. The van der Waals surface area contributed by atoms with Crippen LogP contribution in [0.3, 0.4) is 0 Å². The van der Waals surface area contributed by atoms with Crippen molar-refractivity contribution in [2.75, 3.05) is 6.61 Å². The molecule has 4 rings (SSSR count). The summed E-state index contributed by atoms with van der Waals surface area (Å²) in [4.78, 5) is 64.5. The number of rotatable bonds is 5. The zero-order chi connectivity index (χ0) is 26.8. The van der Waals surface area contributed by atoms with Crippen LogP contribution in [0.5, 0.6) is 0 Å². The maximum absolute atomic E-state index is 14.1. The molecule has 0 bridgehead atoms. The Morgan fingerprint density at radius 2 is 1.86 bits per heavy atom. The molecule has 2 unspecified atom stereocenters. The number of Topliss-reactive ketones (excluding diaryl/α,β-unsaturated/α-hetero) is 2. The van der Waals surface area contributed by atoms with Crippen LogP contribution in [0, 0.1) is 40.4 Å². The van der Waals surface area contributed by atoms with E-state index in [2.05, 4.69) is 15.9 Å². The molecule has 196 valence electrons. The van der Waals surface area contributed by atoms with Crippen molar-refractivity contribution < 1.29 is 33.4 Å². The fourth-order valence-electron chi connectivity index (χ4n) is 7.69. The number of carbonyl (C=O) groups is 5. The molecule has 0 amide bonds. The summed E-state index contributed by atoms with van der Waals surface area (Å²) in [5.41, 5.74) is -2.18. The van der Waals surface area contributed by atoms with Gasteiger partial charge in [-0.25, -0.2) is 0 Å². The molecule has 0 aromatic heterocycles. The van der Waals surface area contributed by atoms with Gasteiger partial charge in [-0.1, -0.05) is 62.2 Å². The number of fused-ring (bicyclic) bond motifs is 5. The lowest BCUT2D eigenvalue weighted by Crippen LogP contribution is -2.64. The van der Waals surface area contributed by atoms with E-state index in [1.165, 1.54) is 6.92 Å². The summed E-state index contributed by atoms with van der Waals surface area (Å²) < 4.78 is 11.2. The predicted octanol–water partition coefficient (Wildman–Crippen LogP) is 4.16. The van der Waals surface area contributed by atoms with Crippen LogP contribution in [0.1, 0.15) is 60.8 Å². The molecule has 8 heteroatoms. The second kappa shape index (κ2) is 9.03. The van der Waals surface area contributed by atoms with Gasteiger partial charge in [0.2, 0.25) is 5.78 Å². The molecule has 8 atom stereocenters. The Morgan fingerprint density at radius 1 is 1.19 bits per heavy atom. The van der Waals surface area contributed by atoms with Crippen LogP contribution in [0.4, 0.5) is 0 Å². The molecule has 3 fully saturated rings. The van der Waals surface area contributed by atoms with Gasteiger partial charge in [-0.05, 0) is 36.8 Å². The molecule has 0 aromatic rings. The number of esters is 2. The van der Waals surface area contributed by atoms with Gasteiger partial charge in [0.1, 0.15) is 5.78 Å². The third kappa shape index (κ3) is 3.77. The van der Waals surface area contributed by atoms with Gasteiger partial charge < -0.3 is 9.47 Å². The fraction of sp³-hybridized carbons (Fsp3) is 0.679. The van der Waals surface area contributed by atoms with Gasteiger partial charge in [-0.3, -0.25) is 24.0 Å². The van der Waals surface area contributed by atoms with E-state index in [0.29, 0.717) is 12.8 Å². The van der Waals surface area contributed by atoms with E-state index in [1.807, 2.05) is 26.8 Å². The predicted molar refractivity (Wildman–Crippen MR) is 135 cm³/mol. The Morgan fingerprint density at radius 3 is 2.47 bits per heavy atom. The third-order valence-electron chi connectivity index (χ3n) is 9.34. The number of hydrogen-bond acceptors (Lipinski definition) is 7. The van der Waals surface area contributed by atoms with Gasteiger partial charge in [0.05, 0.1) is 5.92 Å². The maximum Gasteiger partial charge on any atom is 0.309 e. The van der Waals surface area contributed by atoms with Crippen molar-refractivity contribution in [2.24, 2.45) is 40.4 Å². The average molecular weight is 563 g/mol. The summed E-state index contributed by atoms with van der Waals surface area (Å²) in [6, 6.07) is 0. The summed E-state index contributed by atoms with van der Waals surface area (Å²) in [6.45, 7) is 9.92. The Hall–Kier alpha value is -2.09. The number of ether oxygens (including phenoxy) is 2. The lowest BCUT2D eigenvalue weighted by Gasteiger charge is -2.58. The van der Waals surface area contributed by atoms with E-state index in [9.17, 15) is 24.0 Å². The van der Waals surface area contributed by atoms with Crippen molar-refractivity contribution >= 4 is 45.2 Å². The fourth-order valence-corrected chi connectivity index (χ4v) is 8.71.